The van der Waals surface area contributed by atoms with E-state index >= 15 is 0 Å². The third-order valence-corrected chi connectivity index (χ3v) is 2.03. The molecule has 0 bridgehead atoms. The van der Waals surface area contributed by atoms with E-state index in [0.29, 0.717) is 0 Å². The van der Waals surface area contributed by atoms with Crippen molar-refractivity contribution in [3.05, 3.63) is 17.3 Å². The van der Waals surface area contributed by atoms with Gasteiger partial charge in [0.1, 0.15) is 0 Å². The summed E-state index contributed by atoms with van der Waals surface area (Å²) in [7, 11) is 0. The van der Waals surface area contributed by atoms with Crippen molar-refractivity contribution in [2.24, 2.45) is 0 Å². The van der Waals surface area contributed by atoms with E-state index in [1.165, 1.54) is 0 Å². The molecule has 1 N–H and O–H groups in total. The summed E-state index contributed by atoms with van der Waals surface area (Å²) >= 11 is 8.60. The standard InChI is InChI=1S/C8H8BrClFN3O/c1-8(2,9)6(15)13-5-4(11)3-12-7(10)14-5/h3H,1-2H3,(H,12,13,14,15). The number of halogens is 3. The molecule has 0 aliphatic carbocycles. The number of nitrogens with zero attached hydrogens (tertiary/aromatic N) is 2. The van der Waals surface area contributed by atoms with E-state index in [1.807, 2.05) is 0 Å². The number of carbonyl (C=O) groups is 1. The molecular formula is C8H8BrClFN3O. The molecule has 1 heterocycles. The highest BCUT2D eigenvalue weighted by Gasteiger charge is 2.25. The van der Waals surface area contributed by atoms with Crippen molar-refractivity contribution in [3.8, 4) is 0 Å². The number of hydrogen-bond donors (Lipinski definition) is 1. The molecule has 1 rings (SSSR count). The van der Waals surface area contributed by atoms with Crippen molar-refractivity contribution < 1.29 is 9.18 Å². The van der Waals surface area contributed by atoms with Gasteiger partial charge in [0.15, 0.2) is 11.6 Å². The van der Waals surface area contributed by atoms with Gasteiger partial charge in [0.05, 0.1) is 10.5 Å². The van der Waals surface area contributed by atoms with Crippen LogP contribution in [0, 0.1) is 5.82 Å². The highest BCUT2D eigenvalue weighted by molar-refractivity contribution is 9.10. The maximum Gasteiger partial charge on any atom is 0.241 e. The molecule has 0 fully saturated rings. The second-order valence-electron chi connectivity index (χ2n) is 3.26. The highest BCUT2D eigenvalue weighted by atomic mass is 79.9. The molecule has 0 saturated carbocycles. The van der Waals surface area contributed by atoms with Crippen molar-refractivity contribution in [2.75, 3.05) is 5.32 Å². The van der Waals surface area contributed by atoms with Gasteiger partial charge in [-0.3, -0.25) is 4.79 Å². The number of carbonyl (C=O) groups excluding carboxylic acids is 1. The lowest BCUT2D eigenvalue weighted by molar-refractivity contribution is -0.117. The smallest absolute Gasteiger partial charge is 0.241 e. The summed E-state index contributed by atoms with van der Waals surface area (Å²) in [5, 5.41) is 2.17. The van der Waals surface area contributed by atoms with Crippen molar-refractivity contribution >= 4 is 39.3 Å². The second-order valence-corrected chi connectivity index (χ2v) is 5.58. The van der Waals surface area contributed by atoms with E-state index in [0.717, 1.165) is 6.20 Å². The van der Waals surface area contributed by atoms with Crippen LogP contribution in [0.2, 0.25) is 5.28 Å². The Morgan fingerprint density at radius 3 is 2.80 bits per heavy atom. The van der Waals surface area contributed by atoms with Crippen molar-refractivity contribution in [2.45, 2.75) is 18.2 Å². The summed E-state index contributed by atoms with van der Waals surface area (Å²) in [5.41, 5.74) is 0. The minimum Gasteiger partial charge on any atom is -0.307 e. The fourth-order valence-corrected chi connectivity index (χ4v) is 0.922. The zero-order valence-electron chi connectivity index (χ0n) is 8.01. The van der Waals surface area contributed by atoms with Gasteiger partial charge in [0.25, 0.3) is 0 Å². The van der Waals surface area contributed by atoms with Crippen LogP contribution in [0.4, 0.5) is 10.2 Å². The van der Waals surface area contributed by atoms with E-state index in [1.54, 1.807) is 13.8 Å². The van der Waals surface area contributed by atoms with Crippen LogP contribution in [-0.2, 0) is 4.79 Å². The number of rotatable bonds is 2. The van der Waals surface area contributed by atoms with Crippen LogP contribution in [-0.4, -0.2) is 20.2 Å². The molecule has 1 aromatic rings. The first-order valence-corrected chi connectivity index (χ1v) is 5.16. The van der Waals surface area contributed by atoms with Gasteiger partial charge in [-0.05, 0) is 25.4 Å². The van der Waals surface area contributed by atoms with E-state index in [4.69, 9.17) is 11.6 Å². The molecule has 0 radical (unpaired) electrons. The molecule has 0 atom stereocenters. The van der Waals surface area contributed by atoms with E-state index in [9.17, 15) is 9.18 Å². The summed E-state index contributed by atoms with van der Waals surface area (Å²) in [6, 6.07) is 0. The fourth-order valence-electron chi connectivity index (χ4n) is 0.689. The predicted molar refractivity (Wildman–Crippen MR) is 58.6 cm³/mol. The first-order valence-electron chi connectivity index (χ1n) is 3.99. The van der Waals surface area contributed by atoms with E-state index in [-0.39, 0.29) is 11.1 Å². The monoisotopic (exact) mass is 295 g/mol. The molecule has 7 heteroatoms. The van der Waals surface area contributed by atoms with Crippen molar-refractivity contribution in [3.63, 3.8) is 0 Å². The van der Waals surface area contributed by atoms with Gasteiger partial charge in [0, 0.05) is 0 Å². The average Bonchev–Trinajstić information content (AvgIpc) is 2.09. The molecule has 0 spiro atoms. The topological polar surface area (TPSA) is 54.9 Å². The van der Waals surface area contributed by atoms with Crippen LogP contribution in [0.15, 0.2) is 6.20 Å². The molecule has 0 aromatic carbocycles. The number of alkyl halides is 1. The molecule has 1 amide bonds. The Labute approximate surface area is 99.4 Å². The maximum atomic E-state index is 13.1. The summed E-state index contributed by atoms with van der Waals surface area (Å²) in [6.07, 6.45) is 0.895. The van der Waals surface area contributed by atoms with Crippen LogP contribution in [0.25, 0.3) is 0 Å². The van der Waals surface area contributed by atoms with Gasteiger partial charge in [-0.2, -0.15) is 4.98 Å². The fraction of sp³-hybridized carbons (Fsp3) is 0.375. The third kappa shape index (κ3) is 3.39. The van der Waals surface area contributed by atoms with Crippen LogP contribution in [0.3, 0.4) is 0 Å². The molecule has 4 nitrogen and oxygen atoms in total. The molecule has 0 unspecified atom stereocenters. The number of amides is 1. The molecule has 0 saturated heterocycles. The summed E-state index contributed by atoms with van der Waals surface area (Å²) in [6.45, 7) is 3.26. The summed E-state index contributed by atoms with van der Waals surface area (Å²) < 4.78 is 12.3. The predicted octanol–water partition coefficient (Wildman–Crippen LogP) is 2.38. The van der Waals surface area contributed by atoms with Crippen LogP contribution in [0.5, 0.6) is 0 Å². The second kappa shape index (κ2) is 4.40. The van der Waals surface area contributed by atoms with E-state index in [2.05, 4.69) is 31.2 Å². The zero-order chi connectivity index (χ0) is 11.6. The minimum atomic E-state index is -0.809. The SMILES string of the molecule is CC(C)(Br)C(=O)Nc1nc(Cl)ncc1F. The summed E-state index contributed by atoms with van der Waals surface area (Å²) in [4.78, 5) is 18.4. The lowest BCUT2D eigenvalue weighted by atomic mass is 10.2. The summed E-state index contributed by atoms with van der Waals surface area (Å²) in [5.74, 6) is -1.38. The number of aromatic nitrogens is 2. The molecule has 1 aromatic heterocycles. The molecule has 82 valence electrons. The van der Waals surface area contributed by atoms with Gasteiger partial charge in [-0.1, -0.05) is 15.9 Å². The Balaban J connectivity index is 2.90. The molecular weight excluding hydrogens is 288 g/mol. The Morgan fingerprint density at radius 1 is 1.67 bits per heavy atom. The number of hydrogen-bond acceptors (Lipinski definition) is 3. The minimum absolute atomic E-state index is 0.126. The quantitative estimate of drug-likeness (QED) is 0.673. The largest absolute Gasteiger partial charge is 0.307 e. The van der Waals surface area contributed by atoms with E-state index < -0.39 is 16.0 Å². The third-order valence-electron chi connectivity index (χ3n) is 1.49. The van der Waals surface area contributed by atoms with Crippen LogP contribution in [0.1, 0.15) is 13.8 Å². The van der Waals surface area contributed by atoms with Gasteiger partial charge < -0.3 is 5.32 Å². The Morgan fingerprint density at radius 2 is 2.27 bits per heavy atom. The van der Waals surface area contributed by atoms with Crippen LogP contribution < -0.4 is 5.32 Å². The van der Waals surface area contributed by atoms with Gasteiger partial charge >= 0.3 is 0 Å². The number of nitrogens with one attached hydrogen (secondary N) is 1. The normalized spacial score (nSPS) is 11.3. The van der Waals surface area contributed by atoms with Gasteiger partial charge in [0.2, 0.25) is 11.2 Å². The van der Waals surface area contributed by atoms with Crippen molar-refractivity contribution in [1.29, 1.82) is 0 Å². The Kier molecular flexibility index (Phi) is 3.62. The Hall–Kier alpha value is -0.750. The lowest BCUT2D eigenvalue weighted by Crippen LogP contribution is -2.31. The molecule has 15 heavy (non-hydrogen) atoms. The highest BCUT2D eigenvalue weighted by Crippen LogP contribution is 2.19. The maximum absolute atomic E-state index is 13.1. The first-order chi connectivity index (χ1) is 6.80. The zero-order valence-corrected chi connectivity index (χ0v) is 10.4. The molecule has 0 aliphatic heterocycles. The van der Waals surface area contributed by atoms with Crippen molar-refractivity contribution in [1.82, 2.24) is 9.97 Å². The average molecular weight is 297 g/mol. The van der Waals surface area contributed by atoms with Gasteiger partial charge in [-0.15, -0.1) is 0 Å². The van der Waals surface area contributed by atoms with Gasteiger partial charge in [-0.25, -0.2) is 9.37 Å². The first kappa shape index (κ1) is 12.3. The molecule has 0 aliphatic rings. The lowest BCUT2D eigenvalue weighted by Gasteiger charge is -2.15. The Bertz CT molecular complexity index is 394. The van der Waals surface area contributed by atoms with Crippen LogP contribution >= 0.6 is 27.5 Å². The number of anilines is 1.